The van der Waals surface area contributed by atoms with Crippen LogP contribution in [0.25, 0.3) is 0 Å². The second-order valence-corrected chi connectivity index (χ2v) is 3.69. The molecule has 1 aliphatic rings. The average molecular weight is 281 g/mol. The van der Waals surface area contributed by atoms with E-state index in [9.17, 15) is 4.79 Å². The van der Waals surface area contributed by atoms with Crippen LogP contribution >= 0.6 is 24.8 Å². The highest BCUT2D eigenvalue weighted by molar-refractivity contribution is 5.85. The van der Waals surface area contributed by atoms with Crippen molar-refractivity contribution in [3.8, 4) is 0 Å². The van der Waals surface area contributed by atoms with Gasteiger partial charge in [0.15, 0.2) is 0 Å². The average Bonchev–Trinajstić information content (AvgIpc) is 2.58. The molecule has 0 spiro atoms. The molecule has 5 nitrogen and oxygen atoms in total. The summed E-state index contributed by atoms with van der Waals surface area (Å²) in [6.07, 6.45) is 4.54. The summed E-state index contributed by atoms with van der Waals surface area (Å²) >= 11 is 0. The van der Waals surface area contributed by atoms with Crippen LogP contribution in [0.15, 0.2) is 18.5 Å². The number of hydrogen-bond donors (Lipinski definition) is 1. The summed E-state index contributed by atoms with van der Waals surface area (Å²) in [5.74, 6) is 0.155. The predicted octanol–water partition coefficient (Wildman–Crippen LogP) is 0.549. The summed E-state index contributed by atoms with van der Waals surface area (Å²) in [6.45, 7) is 3.91. The Hall–Kier alpha value is -0.780. The van der Waals surface area contributed by atoms with E-state index in [1.54, 1.807) is 10.9 Å². The zero-order chi connectivity index (χ0) is 10.5. The Morgan fingerprint density at radius 2 is 2.12 bits per heavy atom. The van der Waals surface area contributed by atoms with Gasteiger partial charge in [0, 0.05) is 32.0 Å². The van der Waals surface area contributed by atoms with Crippen molar-refractivity contribution in [3.63, 3.8) is 0 Å². The molecule has 0 aromatic carbocycles. The molecule has 0 radical (unpaired) electrons. The van der Waals surface area contributed by atoms with Crippen molar-refractivity contribution in [1.82, 2.24) is 20.0 Å². The highest BCUT2D eigenvalue weighted by Gasteiger charge is 2.15. The molecular formula is C10H18Cl2N4O. The Kier molecular flexibility index (Phi) is 7.95. The van der Waals surface area contributed by atoms with E-state index in [1.165, 1.54) is 0 Å². The van der Waals surface area contributed by atoms with E-state index in [-0.39, 0.29) is 30.7 Å². The van der Waals surface area contributed by atoms with Crippen LogP contribution in [0.2, 0.25) is 0 Å². The number of rotatable bonds is 2. The minimum absolute atomic E-state index is 0. The van der Waals surface area contributed by atoms with Crippen molar-refractivity contribution in [2.75, 3.05) is 26.2 Å². The first-order valence-electron chi connectivity index (χ1n) is 5.32. The third-order valence-corrected chi connectivity index (χ3v) is 2.55. The van der Waals surface area contributed by atoms with Crippen molar-refractivity contribution >= 4 is 30.7 Å². The standard InChI is InChI=1S/C10H16N4O.2ClH/c15-10(9-14-7-2-4-12-14)13-6-1-3-11-5-8-13;;/h2,4,7,11H,1,3,5-6,8-9H2;2*1H. The van der Waals surface area contributed by atoms with E-state index in [0.29, 0.717) is 6.54 Å². The second kappa shape index (κ2) is 8.33. The van der Waals surface area contributed by atoms with Crippen LogP contribution in [0.3, 0.4) is 0 Å². The molecule has 1 aromatic rings. The van der Waals surface area contributed by atoms with Crippen molar-refractivity contribution < 1.29 is 4.79 Å². The summed E-state index contributed by atoms with van der Waals surface area (Å²) in [4.78, 5) is 13.8. The molecule has 0 saturated carbocycles. The molecule has 0 bridgehead atoms. The van der Waals surface area contributed by atoms with Crippen LogP contribution < -0.4 is 5.32 Å². The van der Waals surface area contributed by atoms with Gasteiger partial charge in [-0.1, -0.05) is 0 Å². The molecule has 1 aromatic heterocycles. The van der Waals surface area contributed by atoms with Crippen LogP contribution in [0, 0.1) is 0 Å². The fourth-order valence-corrected chi connectivity index (χ4v) is 1.73. The molecule has 1 aliphatic heterocycles. The molecule has 17 heavy (non-hydrogen) atoms. The quantitative estimate of drug-likeness (QED) is 0.861. The Balaban J connectivity index is 0.00000128. The fraction of sp³-hybridized carbons (Fsp3) is 0.600. The van der Waals surface area contributed by atoms with Gasteiger partial charge in [-0.2, -0.15) is 5.10 Å². The lowest BCUT2D eigenvalue weighted by atomic mass is 10.4. The van der Waals surface area contributed by atoms with Crippen LogP contribution in [0.5, 0.6) is 0 Å². The van der Waals surface area contributed by atoms with Crippen molar-refractivity contribution in [2.24, 2.45) is 0 Å². The minimum Gasteiger partial charge on any atom is -0.340 e. The first-order chi connectivity index (χ1) is 7.36. The van der Waals surface area contributed by atoms with Crippen LogP contribution in [-0.4, -0.2) is 46.8 Å². The van der Waals surface area contributed by atoms with Gasteiger partial charge in [0.25, 0.3) is 0 Å². The van der Waals surface area contributed by atoms with Crippen molar-refractivity contribution in [2.45, 2.75) is 13.0 Å². The third kappa shape index (κ3) is 4.93. The molecule has 1 N–H and O–H groups in total. The van der Waals surface area contributed by atoms with Gasteiger partial charge in [0.2, 0.25) is 5.91 Å². The molecule has 1 amide bonds. The SMILES string of the molecule is Cl.Cl.O=C(Cn1cccn1)N1CCCNCC1. The summed E-state index contributed by atoms with van der Waals surface area (Å²) in [5, 5.41) is 7.30. The smallest absolute Gasteiger partial charge is 0.244 e. The maximum Gasteiger partial charge on any atom is 0.244 e. The van der Waals surface area contributed by atoms with Gasteiger partial charge >= 0.3 is 0 Å². The topological polar surface area (TPSA) is 50.2 Å². The molecular weight excluding hydrogens is 263 g/mol. The van der Waals surface area contributed by atoms with Gasteiger partial charge in [-0.15, -0.1) is 24.8 Å². The van der Waals surface area contributed by atoms with Gasteiger partial charge in [-0.05, 0) is 19.0 Å². The van der Waals surface area contributed by atoms with Crippen molar-refractivity contribution in [3.05, 3.63) is 18.5 Å². The number of nitrogens with zero attached hydrogens (tertiary/aromatic N) is 3. The highest BCUT2D eigenvalue weighted by Crippen LogP contribution is 1.98. The maximum atomic E-state index is 11.9. The predicted molar refractivity (Wildman–Crippen MR) is 70.8 cm³/mol. The van der Waals surface area contributed by atoms with Gasteiger partial charge in [0.05, 0.1) is 0 Å². The maximum absolute atomic E-state index is 11.9. The highest BCUT2D eigenvalue weighted by atomic mass is 35.5. The van der Waals surface area contributed by atoms with E-state index >= 15 is 0 Å². The number of nitrogens with one attached hydrogen (secondary N) is 1. The van der Waals surface area contributed by atoms with Crippen LogP contribution in [0.1, 0.15) is 6.42 Å². The van der Waals surface area contributed by atoms with Gasteiger partial charge in [-0.25, -0.2) is 0 Å². The molecule has 0 atom stereocenters. The molecule has 7 heteroatoms. The molecule has 1 saturated heterocycles. The third-order valence-electron chi connectivity index (χ3n) is 2.55. The second-order valence-electron chi connectivity index (χ2n) is 3.69. The number of carbonyl (C=O) groups is 1. The lowest BCUT2D eigenvalue weighted by molar-refractivity contribution is -0.131. The van der Waals surface area contributed by atoms with Crippen LogP contribution in [-0.2, 0) is 11.3 Å². The van der Waals surface area contributed by atoms with Gasteiger partial charge in [-0.3, -0.25) is 9.48 Å². The Bertz CT molecular complexity index is 310. The van der Waals surface area contributed by atoms with Gasteiger partial charge in [0.1, 0.15) is 6.54 Å². The number of halogens is 2. The molecule has 0 unspecified atom stereocenters. The van der Waals surface area contributed by atoms with E-state index in [0.717, 1.165) is 32.6 Å². The molecule has 98 valence electrons. The van der Waals surface area contributed by atoms with E-state index in [1.807, 2.05) is 17.2 Å². The van der Waals surface area contributed by atoms with E-state index in [2.05, 4.69) is 10.4 Å². The number of carbonyl (C=O) groups excluding carboxylic acids is 1. The summed E-state index contributed by atoms with van der Waals surface area (Å²) in [7, 11) is 0. The van der Waals surface area contributed by atoms with Gasteiger partial charge < -0.3 is 10.2 Å². The lowest BCUT2D eigenvalue weighted by Gasteiger charge is -2.19. The molecule has 2 rings (SSSR count). The zero-order valence-corrected chi connectivity index (χ0v) is 11.2. The summed E-state index contributed by atoms with van der Waals surface area (Å²) in [6, 6.07) is 1.83. The molecule has 2 heterocycles. The Labute approximate surface area is 113 Å². The Morgan fingerprint density at radius 3 is 2.82 bits per heavy atom. The molecule has 1 fully saturated rings. The normalized spacial score (nSPS) is 15.4. The molecule has 0 aliphatic carbocycles. The number of aromatic nitrogens is 2. The van der Waals surface area contributed by atoms with E-state index in [4.69, 9.17) is 0 Å². The lowest BCUT2D eigenvalue weighted by Crippen LogP contribution is -2.36. The number of amides is 1. The van der Waals surface area contributed by atoms with Crippen LogP contribution in [0.4, 0.5) is 0 Å². The Morgan fingerprint density at radius 1 is 1.29 bits per heavy atom. The monoisotopic (exact) mass is 280 g/mol. The summed E-state index contributed by atoms with van der Waals surface area (Å²) < 4.78 is 1.67. The summed E-state index contributed by atoms with van der Waals surface area (Å²) in [5.41, 5.74) is 0. The van der Waals surface area contributed by atoms with Crippen molar-refractivity contribution in [1.29, 1.82) is 0 Å². The minimum atomic E-state index is 0. The largest absolute Gasteiger partial charge is 0.340 e. The number of hydrogen-bond acceptors (Lipinski definition) is 3. The first-order valence-corrected chi connectivity index (χ1v) is 5.32. The first kappa shape index (κ1) is 16.2. The fourth-order valence-electron chi connectivity index (χ4n) is 1.73. The zero-order valence-electron chi connectivity index (χ0n) is 9.54. The van der Waals surface area contributed by atoms with E-state index < -0.39 is 0 Å².